The van der Waals surface area contributed by atoms with Gasteiger partial charge < -0.3 is 5.32 Å². The van der Waals surface area contributed by atoms with Crippen LogP contribution in [0, 0.1) is 58.2 Å². The molecule has 0 fully saturated rings. The average molecular weight is 491 g/mol. The van der Waals surface area contributed by atoms with Gasteiger partial charge in [-0.15, -0.1) is 0 Å². The highest BCUT2D eigenvalue weighted by molar-refractivity contribution is 5.67. The molecule has 2 aromatic rings. The van der Waals surface area contributed by atoms with Gasteiger partial charge in [-0.2, -0.15) is 0 Å². The molecule has 0 aliphatic carbocycles. The number of hydrogen-bond donors (Lipinski definition) is 1. The van der Waals surface area contributed by atoms with E-state index in [2.05, 4.69) is 19.2 Å². The van der Waals surface area contributed by atoms with Crippen molar-refractivity contribution in [3.63, 3.8) is 0 Å². The Hall–Kier alpha value is -2.30. The molecule has 1 nitrogen and oxygen atoms in total. The van der Waals surface area contributed by atoms with E-state index < -0.39 is 69.3 Å². The lowest BCUT2D eigenvalue weighted by molar-refractivity contribution is 0.370. The van der Waals surface area contributed by atoms with E-state index in [1.54, 1.807) is 0 Å². The number of benzene rings is 2. The van der Waals surface area contributed by atoms with Crippen LogP contribution in [0.25, 0.3) is 11.1 Å². The summed E-state index contributed by atoms with van der Waals surface area (Å²) in [6.07, 6.45) is 8.13. The summed E-state index contributed by atoms with van der Waals surface area (Å²) < 4.78 is 131. The van der Waals surface area contributed by atoms with Gasteiger partial charge in [0, 0.05) is 0 Å². The quantitative estimate of drug-likeness (QED) is 0.164. The summed E-state index contributed by atoms with van der Waals surface area (Å²) in [5.74, 6) is -26.6. The van der Waals surface area contributed by atoms with Gasteiger partial charge in [0.25, 0.3) is 0 Å². The smallest absolute Gasteiger partial charge is 0.200 e. The molecule has 2 aromatic carbocycles. The standard InChI is InChI=1S/C12F10.C10H23N/c13-3-1(4(14)8(18)11(21)7(3)17)2-5(15)9(19)12(22)10(20)6(2)16;1-3-5-7-8-10-11-9-6-4-2/h;11H,3-10H2,1-2H3. The molecular weight excluding hydrogens is 468 g/mol. The Kier molecular flexibility index (Phi) is 11.7. The lowest BCUT2D eigenvalue weighted by Gasteiger charge is -2.11. The van der Waals surface area contributed by atoms with Crippen LogP contribution in [-0.4, -0.2) is 13.1 Å². The van der Waals surface area contributed by atoms with Crippen LogP contribution in [0.3, 0.4) is 0 Å². The molecule has 0 aliphatic rings. The first-order valence-corrected chi connectivity index (χ1v) is 10.3. The first-order chi connectivity index (χ1) is 15.5. The van der Waals surface area contributed by atoms with Crippen LogP contribution in [0.15, 0.2) is 0 Å². The van der Waals surface area contributed by atoms with E-state index in [0.29, 0.717) is 0 Å². The maximum Gasteiger partial charge on any atom is 0.200 e. The molecule has 0 atom stereocenters. The predicted molar refractivity (Wildman–Crippen MR) is 103 cm³/mol. The number of halogens is 10. The summed E-state index contributed by atoms with van der Waals surface area (Å²) in [5.41, 5.74) is -4.52. The van der Waals surface area contributed by atoms with E-state index in [4.69, 9.17) is 0 Å². The minimum absolute atomic E-state index is 1.21. The molecule has 186 valence electrons. The van der Waals surface area contributed by atoms with Crippen LogP contribution in [0.2, 0.25) is 0 Å². The maximum atomic E-state index is 13.4. The topological polar surface area (TPSA) is 12.0 Å². The van der Waals surface area contributed by atoms with E-state index in [0.717, 1.165) is 0 Å². The van der Waals surface area contributed by atoms with Crippen molar-refractivity contribution in [3.8, 4) is 11.1 Å². The predicted octanol–water partition coefficient (Wildman–Crippen LogP) is 7.70. The van der Waals surface area contributed by atoms with E-state index in [-0.39, 0.29) is 0 Å². The van der Waals surface area contributed by atoms with Gasteiger partial charge in [-0.3, -0.25) is 0 Å². The first kappa shape index (κ1) is 28.7. The van der Waals surface area contributed by atoms with Gasteiger partial charge in [0.15, 0.2) is 46.5 Å². The van der Waals surface area contributed by atoms with Gasteiger partial charge in [-0.05, 0) is 25.9 Å². The summed E-state index contributed by atoms with van der Waals surface area (Å²) in [7, 11) is 0. The van der Waals surface area contributed by atoms with Crippen molar-refractivity contribution in [1.29, 1.82) is 0 Å². The largest absolute Gasteiger partial charge is 0.317 e. The lowest BCUT2D eigenvalue weighted by Crippen LogP contribution is -2.16. The van der Waals surface area contributed by atoms with E-state index in [1.165, 1.54) is 51.6 Å². The Morgan fingerprint density at radius 3 is 1.03 bits per heavy atom. The van der Waals surface area contributed by atoms with Gasteiger partial charge in [0.2, 0.25) is 11.6 Å². The van der Waals surface area contributed by atoms with Crippen molar-refractivity contribution in [2.45, 2.75) is 52.4 Å². The molecule has 0 saturated heterocycles. The molecule has 0 heterocycles. The van der Waals surface area contributed by atoms with E-state index >= 15 is 0 Å². The van der Waals surface area contributed by atoms with Gasteiger partial charge in [-0.25, -0.2) is 43.9 Å². The van der Waals surface area contributed by atoms with Crippen LogP contribution >= 0.6 is 0 Å². The monoisotopic (exact) mass is 491 g/mol. The number of nitrogens with one attached hydrogen (secondary N) is 1. The van der Waals surface area contributed by atoms with Gasteiger partial charge >= 0.3 is 0 Å². The second-order valence-electron chi connectivity index (χ2n) is 7.05. The Labute approximate surface area is 184 Å². The highest BCUT2D eigenvalue weighted by Gasteiger charge is 2.34. The molecule has 0 aromatic heterocycles. The third-order valence-corrected chi connectivity index (χ3v) is 4.58. The van der Waals surface area contributed by atoms with Crippen molar-refractivity contribution in [1.82, 2.24) is 5.32 Å². The third-order valence-electron chi connectivity index (χ3n) is 4.58. The maximum absolute atomic E-state index is 13.4. The minimum Gasteiger partial charge on any atom is -0.317 e. The molecule has 33 heavy (non-hydrogen) atoms. The molecule has 0 radical (unpaired) electrons. The fourth-order valence-electron chi connectivity index (χ4n) is 2.75. The van der Waals surface area contributed by atoms with Crippen molar-refractivity contribution in [3.05, 3.63) is 58.2 Å². The number of hydrogen-bond acceptors (Lipinski definition) is 1. The number of unbranched alkanes of at least 4 members (excludes halogenated alkanes) is 4. The number of rotatable bonds is 9. The second-order valence-corrected chi connectivity index (χ2v) is 7.05. The van der Waals surface area contributed by atoms with E-state index in [1.807, 2.05) is 0 Å². The molecular formula is C22H23F10N. The summed E-state index contributed by atoms with van der Waals surface area (Å²) in [6, 6.07) is 0. The molecule has 1 N–H and O–H groups in total. The fourth-order valence-corrected chi connectivity index (χ4v) is 2.75. The second kappa shape index (κ2) is 13.4. The Morgan fingerprint density at radius 2 is 0.697 bits per heavy atom. The summed E-state index contributed by atoms with van der Waals surface area (Å²) in [6.45, 7) is 6.92. The van der Waals surface area contributed by atoms with E-state index in [9.17, 15) is 43.9 Å². The van der Waals surface area contributed by atoms with Crippen LogP contribution in [0.5, 0.6) is 0 Å². The van der Waals surface area contributed by atoms with Crippen molar-refractivity contribution >= 4 is 0 Å². The minimum atomic E-state index is -2.68. The third kappa shape index (κ3) is 6.84. The zero-order valence-corrected chi connectivity index (χ0v) is 17.9. The van der Waals surface area contributed by atoms with Crippen molar-refractivity contribution in [2.75, 3.05) is 13.1 Å². The molecule has 11 heteroatoms. The Balaban J connectivity index is 0.000000420. The summed E-state index contributed by atoms with van der Waals surface area (Å²) in [5, 5.41) is 3.45. The Morgan fingerprint density at radius 1 is 0.394 bits per heavy atom. The highest BCUT2D eigenvalue weighted by Crippen LogP contribution is 2.37. The van der Waals surface area contributed by atoms with Gasteiger partial charge in [-0.1, -0.05) is 39.5 Å². The van der Waals surface area contributed by atoms with Crippen LogP contribution in [0.4, 0.5) is 43.9 Å². The van der Waals surface area contributed by atoms with Gasteiger partial charge in [0.1, 0.15) is 0 Å². The van der Waals surface area contributed by atoms with Gasteiger partial charge in [0.05, 0.1) is 11.1 Å². The van der Waals surface area contributed by atoms with Crippen LogP contribution < -0.4 is 5.32 Å². The highest BCUT2D eigenvalue weighted by atomic mass is 19.2. The lowest BCUT2D eigenvalue weighted by atomic mass is 10.0. The average Bonchev–Trinajstić information content (AvgIpc) is 2.81. The van der Waals surface area contributed by atoms with Crippen molar-refractivity contribution < 1.29 is 43.9 Å². The summed E-state index contributed by atoms with van der Waals surface area (Å²) in [4.78, 5) is 0. The zero-order valence-electron chi connectivity index (χ0n) is 17.9. The molecule has 0 amide bonds. The normalized spacial score (nSPS) is 10.9. The molecule has 2 rings (SSSR count). The molecule has 0 aliphatic heterocycles. The molecule has 0 bridgehead atoms. The van der Waals surface area contributed by atoms with Crippen LogP contribution in [0.1, 0.15) is 52.4 Å². The first-order valence-electron chi connectivity index (χ1n) is 10.3. The molecule has 0 spiro atoms. The van der Waals surface area contributed by atoms with Crippen LogP contribution in [-0.2, 0) is 0 Å². The Bertz CT molecular complexity index is 812. The summed E-state index contributed by atoms with van der Waals surface area (Å²) >= 11 is 0. The SMILES string of the molecule is CCCCCCNCCCC.Fc1c(F)c(F)c(-c2c(F)c(F)c(F)c(F)c2F)c(F)c1F. The fraction of sp³-hybridized carbons (Fsp3) is 0.455. The molecule has 0 saturated carbocycles. The zero-order chi connectivity index (χ0) is 25.3. The molecule has 0 unspecified atom stereocenters. The van der Waals surface area contributed by atoms with Crippen molar-refractivity contribution in [2.24, 2.45) is 0 Å².